The molecule has 23 heavy (non-hydrogen) atoms. The fourth-order valence-corrected chi connectivity index (χ4v) is 3.03. The van der Waals surface area contributed by atoms with Gasteiger partial charge < -0.3 is 15.7 Å². The third-order valence-electron chi connectivity index (χ3n) is 2.71. The van der Waals surface area contributed by atoms with Crippen molar-refractivity contribution < 1.29 is 14.7 Å². The Kier molecular flexibility index (Phi) is 6.14. The van der Waals surface area contributed by atoms with E-state index in [1.807, 2.05) is 0 Å². The summed E-state index contributed by atoms with van der Waals surface area (Å²) in [5, 5.41) is 14.4. The molecule has 7 nitrogen and oxygen atoms in total. The summed E-state index contributed by atoms with van der Waals surface area (Å²) in [5.41, 5.74) is 0.647. The normalized spacial score (nSPS) is 10.3. The maximum absolute atomic E-state index is 12.1. The molecular formula is C13H12Cl2N4O3S. The number of pyridine rings is 1. The predicted octanol–water partition coefficient (Wildman–Crippen LogP) is 2.59. The molecule has 2 amide bonds. The summed E-state index contributed by atoms with van der Waals surface area (Å²) in [6, 6.07) is 3.38. The highest BCUT2D eigenvalue weighted by atomic mass is 35.5. The Balaban J connectivity index is 1.95. The van der Waals surface area contributed by atoms with E-state index in [0.29, 0.717) is 22.1 Å². The third-order valence-corrected chi connectivity index (χ3v) is 4.37. The van der Waals surface area contributed by atoms with Gasteiger partial charge in [0.1, 0.15) is 4.34 Å². The maximum Gasteiger partial charge on any atom is 0.404 e. The topological polar surface area (TPSA) is 104 Å². The molecule has 0 unspecified atom stereocenters. The number of amides is 2. The van der Waals surface area contributed by atoms with Gasteiger partial charge in [0.15, 0.2) is 5.69 Å². The van der Waals surface area contributed by atoms with Crippen LogP contribution >= 0.6 is 34.5 Å². The molecule has 0 fully saturated rings. The maximum atomic E-state index is 12.1. The first-order chi connectivity index (χ1) is 11.0. The lowest BCUT2D eigenvalue weighted by Crippen LogP contribution is -2.24. The predicted molar refractivity (Wildman–Crippen MR) is 87.3 cm³/mol. The van der Waals surface area contributed by atoms with Crippen molar-refractivity contribution in [2.24, 2.45) is 0 Å². The van der Waals surface area contributed by atoms with Crippen LogP contribution < -0.4 is 10.6 Å². The van der Waals surface area contributed by atoms with Crippen molar-refractivity contribution >= 4 is 46.5 Å². The molecule has 0 spiro atoms. The Labute approximate surface area is 145 Å². The van der Waals surface area contributed by atoms with Crippen molar-refractivity contribution in [1.82, 2.24) is 20.6 Å². The number of thiazole rings is 1. The number of nitrogens with zero attached hydrogens (tertiary/aromatic N) is 2. The van der Waals surface area contributed by atoms with E-state index in [0.717, 1.165) is 11.3 Å². The number of carbonyl (C=O) groups is 2. The lowest BCUT2D eigenvalue weighted by molar-refractivity contribution is 0.0946. The first kappa shape index (κ1) is 17.5. The van der Waals surface area contributed by atoms with Crippen LogP contribution in [0.4, 0.5) is 4.79 Å². The van der Waals surface area contributed by atoms with Gasteiger partial charge in [0, 0.05) is 19.2 Å². The van der Waals surface area contributed by atoms with E-state index in [1.165, 1.54) is 0 Å². The van der Waals surface area contributed by atoms with Crippen molar-refractivity contribution in [1.29, 1.82) is 0 Å². The van der Waals surface area contributed by atoms with Crippen LogP contribution in [0.15, 0.2) is 18.3 Å². The first-order valence-corrected chi connectivity index (χ1v) is 8.04. The fourth-order valence-electron chi connectivity index (χ4n) is 1.66. The van der Waals surface area contributed by atoms with E-state index in [-0.39, 0.29) is 23.1 Å². The van der Waals surface area contributed by atoms with Crippen LogP contribution in [-0.4, -0.2) is 33.6 Å². The average Bonchev–Trinajstić information content (AvgIpc) is 2.87. The minimum atomic E-state index is -1.11. The Bertz CT molecular complexity index is 723. The number of carboxylic acid groups (broad SMARTS) is 1. The van der Waals surface area contributed by atoms with Gasteiger partial charge in [0.05, 0.1) is 22.3 Å². The third kappa shape index (κ3) is 5.05. The van der Waals surface area contributed by atoms with Gasteiger partial charge in [-0.3, -0.25) is 9.78 Å². The molecule has 0 aliphatic rings. The molecule has 0 aliphatic heterocycles. The molecule has 2 heterocycles. The lowest BCUT2D eigenvalue weighted by atomic mass is 10.3. The second kappa shape index (κ2) is 8.09. The van der Waals surface area contributed by atoms with E-state index < -0.39 is 12.0 Å². The van der Waals surface area contributed by atoms with Gasteiger partial charge in [-0.15, -0.1) is 11.3 Å². The van der Waals surface area contributed by atoms with E-state index in [2.05, 4.69) is 20.6 Å². The van der Waals surface area contributed by atoms with E-state index in [9.17, 15) is 9.59 Å². The van der Waals surface area contributed by atoms with Gasteiger partial charge in [0.25, 0.3) is 5.91 Å². The Morgan fingerprint density at radius 2 is 2.09 bits per heavy atom. The monoisotopic (exact) mass is 374 g/mol. The van der Waals surface area contributed by atoms with Crippen LogP contribution in [0, 0.1) is 0 Å². The standard InChI is InChI=1S/C13H12Cl2N4O3S/c14-7-2-1-4-16-8(7)6-18-12(20)10-11(15)23-9(19-10)3-5-17-13(21)22/h1-2,4,17H,3,5-6H2,(H,18,20)(H,21,22). The van der Waals surface area contributed by atoms with Gasteiger partial charge in [0.2, 0.25) is 0 Å². The molecule has 0 aliphatic carbocycles. The molecule has 0 aromatic carbocycles. The number of aromatic nitrogens is 2. The largest absolute Gasteiger partial charge is 0.465 e. The number of hydrogen-bond donors (Lipinski definition) is 3. The van der Waals surface area contributed by atoms with Crippen LogP contribution in [0.3, 0.4) is 0 Å². The van der Waals surface area contributed by atoms with Crippen molar-refractivity contribution in [2.45, 2.75) is 13.0 Å². The SMILES string of the molecule is O=C(O)NCCc1nc(C(=O)NCc2ncccc2Cl)c(Cl)s1. The highest BCUT2D eigenvalue weighted by Gasteiger charge is 2.17. The van der Waals surface area contributed by atoms with Crippen LogP contribution in [0.2, 0.25) is 9.36 Å². The summed E-state index contributed by atoms with van der Waals surface area (Å²) in [6.07, 6.45) is 0.824. The van der Waals surface area contributed by atoms with Crippen molar-refractivity contribution in [3.63, 3.8) is 0 Å². The Morgan fingerprint density at radius 1 is 1.30 bits per heavy atom. The van der Waals surface area contributed by atoms with Gasteiger partial charge in [-0.2, -0.15) is 0 Å². The smallest absolute Gasteiger partial charge is 0.404 e. The summed E-state index contributed by atoms with van der Waals surface area (Å²) in [5.74, 6) is -0.439. The molecule has 3 N–H and O–H groups in total. The number of halogens is 2. The van der Waals surface area contributed by atoms with Gasteiger partial charge in [-0.1, -0.05) is 23.2 Å². The molecule has 10 heteroatoms. The van der Waals surface area contributed by atoms with E-state index in [4.69, 9.17) is 28.3 Å². The first-order valence-electron chi connectivity index (χ1n) is 6.47. The number of hydrogen-bond acceptors (Lipinski definition) is 5. The number of carbonyl (C=O) groups excluding carboxylic acids is 1. The zero-order chi connectivity index (χ0) is 16.8. The zero-order valence-electron chi connectivity index (χ0n) is 11.7. The average molecular weight is 375 g/mol. The van der Waals surface area contributed by atoms with Crippen LogP contribution in [0.1, 0.15) is 21.2 Å². The molecule has 0 saturated carbocycles. The molecule has 0 radical (unpaired) electrons. The van der Waals surface area contributed by atoms with Crippen molar-refractivity contribution in [3.05, 3.63) is 44.1 Å². The van der Waals surface area contributed by atoms with Gasteiger partial charge >= 0.3 is 6.09 Å². The van der Waals surface area contributed by atoms with Crippen LogP contribution in [0.5, 0.6) is 0 Å². The van der Waals surface area contributed by atoms with E-state index in [1.54, 1.807) is 18.3 Å². The molecule has 0 saturated heterocycles. The van der Waals surface area contributed by atoms with Gasteiger partial charge in [-0.05, 0) is 12.1 Å². The molecular weight excluding hydrogens is 363 g/mol. The second-order valence-corrected chi connectivity index (χ2v) is 6.42. The number of nitrogens with one attached hydrogen (secondary N) is 2. The Hall–Kier alpha value is -1.90. The summed E-state index contributed by atoms with van der Waals surface area (Å²) in [6.45, 7) is 0.353. The van der Waals surface area contributed by atoms with E-state index >= 15 is 0 Å². The minimum Gasteiger partial charge on any atom is -0.465 e. The minimum absolute atomic E-state index is 0.106. The molecule has 2 aromatic heterocycles. The molecule has 2 rings (SSSR count). The zero-order valence-corrected chi connectivity index (χ0v) is 14.0. The summed E-state index contributed by atoms with van der Waals surface area (Å²) >= 11 is 13.1. The van der Waals surface area contributed by atoms with Crippen molar-refractivity contribution in [3.8, 4) is 0 Å². The molecule has 2 aromatic rings. The fraction of sp³-hybridized carbons (Fsp3) is 0.231. The van der Waals surface area contributed by atoms with Gasteiger partial charge in [-0.25, -0.2) is 9.78 Å². The highest BCUT2D eigenvalue weighted by Crippen LogP contribution is 2.24. The summed E-state index contributed by atoms with van der Waals surface area (Å²) in [7, 11) is 0. The molecule has 0 atom stereocenters. The summed E-state index contributed by atoms with van der Waals surface area (Å²) in [4.78, 5) is 30.7. The Morgan fingerprint density at radius 3 is 2.78 bits per heavy atom. The molecule has 0 bridgehead atoms. The highest BCUT2D eigenvalue weighted by molar-refractivity contribution is 7.16. The van der Waals surface area contributed by atoms with Crippen LogP contribution in [0.25, 0.3) is 0 Å². The second-order valence-electron chi connectivity index (χ2n) is 4.33. The van der Waals surface area contributed by atoms with Crippen molar-refractivity contribution in [2.75, 3.05) is 6.54 Å². The number of rotatable bonds is 6. The van der Waals surface area contributed by atoms with Crippen LogP contribution in [-0.2, 0) is 13.0 Å². The summed E-state index contributed by atoms with van der Waals surface area (Å²) < 4.78 is 0.250. The quantitative estimate of drug-likeness (QED) is 0.720. The molecule has 122 valence electrons. The lowest BCUT2D eigenvalue weighted by Gasteiger charge is -2.04.